The van der Waals surface area contributed by atoms with Gasteiger partial charge in [-0.15, -0.1) is 0 Å². The highest BCUT2D eigenvalue weighted by Crippen LogP contribution is 2.28. The van der Waals surface area contributed by atoms with Crippen LogP contribution in [0.2, 0.25) is 0 Å². The number of ether oxygens (including phenoxy) is 1. The summed E-state index contributed by atoms with van der Waals surface area (Å²) in [7, 11) is 1.79. The van der Waals surface area contributed by atoms with E-state index in [1.807, 2.05) is 6.07 Å². The molecule has 0 saturated heterocycles. The lowest BCUT2D eigenvalue weighted by atomic mass is 10.1. The van der Waals surface area contributed by atoms with Gasteiger partial charge in [-0.2, -0.15) is 4.98 Å². The number of aryl methyl sites for hydroxylation is 2. The Bertz CT molecular complexity index is 569. The Morgan fingerprint density at radius 2 is 2.06 bits per heavy atom. The molecule has 1 aromatic heterocycles. The molecule has 0 bridgehead atoms. The lowest BCUT2D eigenvalue weighted by Gasteiger charge is -2.07. The fraction of sp³-hybridized carbons (Fsp3) is 0.286. The summed E-state index contributed by atoms with van der Waals surface area (Å²) in [4.78, 5) is 8.29. The van der Waals surface area contributed by atoms with E-state index < -0.39 is 0 Å². The molecule has 1 aliphatic carbocycles. The summed E-state index contributed by atoms with van der Waals surface area (Å²) in [5.74, 6) is 1.97. The third-order valence-electron chi connectivity index (χ3n) is 3.15. The Balaban J connectivity index is 1.83. The van der Waals surface area contributed by atoms with Crippen LogP contribution < -0.4 is 10.1 Å². The maximum absolute atomic E-state index is 5.75. The van der Waals surface area contributed by atoms with Gasteiger partial charge in [-0.05, 0) is 42.5 Å². The summed E-state index contributed by atoms with van der Waals surface area (Å²) in [6.07, 6.45) is 5.27. The summed E-state index contributed by atoms with van der Waals surface area (Å²) in [5.41, 5.74) is 2.84. The minimum Gasteiger partial charge on any atom is -0.439 e. The second-order valence-electron chi connectivity index (χ2n) is 4.35. The summed E-state index contributed by atoms with van der Waals surface area (Å²) < 4.78 is 5.75. The van der Waals surface area contributed by atoms with E-state index >= 15 is 0 Å². The van der Waals surface area contributed by atoms with E-state index in [9.17, 15) is 0 Å². The number of hydrogen-bond donors (Lipinski definition) is 1. The van der Waals surface area contributed by atoms with Gasteiger partial charge >= 0.3 is 0 Å². The first kappa shape index (κ1) is 11.0. The van der Waals surface area contributed by atoms with Crippen LogP contribution in [0.25, 0.3) is 0 Å². The first-order valence-corrected chi connectivity index (χ1v) is 6.15. The molecule has 0 fully saturated rings. The van der Waals surface area contributed by atoms with Gasteiger partial charge in [0.15, 0.2) is 0 Å². The minimum atomic E-state index is 0.562. The number of benzene rings is 1. The van der Waals surface area contributed by atoms with E-state index in [0.717, 1.165) is 12.2 Å². The average Bonchev–Trinajstić information content (AvgIpc) is 2.86. The van der Waals surface area contributed by atoms with Crippen molar-refractivity contribution in [3.63, 3.8) is 0 Å². The van der Waals surface area contributed by atoms with Crippen molar-refractivity contribution in [3.8, 4) is 11.6 Å². The zero-order chi connectivity index (χ0) is 12.4. The molecule has 3 rings (SSSR count). The Labute approximate surface area is 106 Å². The zero-order valence-electron chi connectivity index (χ0n) is 10.3. The minimum absolute atomic E-state index is 0.562. The average molecular weight is 241 g/mol. The maximum Gasteiger partial charge on any atom is 0.225 e. The Kier molecular flexibility index (Phi) is 2.84. The van der Waals surface area contributed by atoms with Crippen LogP contribution in [-0.2, 0) is 12.8 Å². The number of aromatic nitrogens is 2. The molecule has 0 aliphatic heterocycles. The molecule has 1 aliphatic rings. The number of hydrogen-bond acceptors (Lipinski definition) is 4. The molecule has 0 spiro atoms. The fourth-order valence-electron chi connectivity index (χ4n) is 2.25. The quantitative estimate of drug-likeness (QED) is 0.897. The third-order valence-corrected chi connectivity index (χ3v) is 3.15. The van der Waals surface area contributed by atoms with Crippen LogP contribution in [0.1, 0.15) is 17.5 Å². The van der Waals surface area contributed by atoms with Gasteiger partial charge in [0.1, 0.15) is 5.75 Å². The van der Waals surface area contributed by atoms with E-state index in [1.165, 1.54) is 24.0 Å². The number of nitrogens with one attached hydrogen (secondary N) is 1. The summed E-state index contributed by atoms with van der Waals surface area (Å²) >= 11 is 0. The lowest BCUT2D eigenvalue weighted by molar-refractivity contribution is 0.462. The molecule has 0 saturated carbocycles. The van der Waals surface area contributed by atoms with Crippen LogP contribution in [0.4, 0.5) is 5.95 Å². The van der Waals surface area contributed by atoms with E-state index in [-0.39, 0.29) is 0 Å². The highest BCUT2D eigenvalue weighted by atomic mass is 16.5. The molecule has 18 heavy (non-hydrogen) atoms. The van der Waals surface area contributed by atoms with Crippen molar-refractivity contribution >= 4 is 5.95 Å². The topological polar surface area (TPSA) is 47.0 Å². The fourth-order valence-corrected chi connectivity index (χ4v) is 2.25. The smallest absolute Gasteiger partial charge is 0.225 e. The molecular formula is C14H15N3O. The summed E-state index contributed by atoms with van der Waals surface area (Å²) in [6.45, 7) is 0. The van der Waals surface area contributed by atoms with E-state index in [0.29, 0.717) is 11.8 Å². The van der Waals surface area contributed by atoms with Crippen molar-refractivity contribution in [2.24, 2.45) is 0 Å². The van der Waals surface area contributed by atoms with Crippen LogP contribution in [0.15, 0.2) is 30.5 Å². The summed E-state index contributed by atoms with van der Waals surface area (Å²) in [6, 6.07) is 8.03. The number of nitrogens with zero attached hydrogens (tertiary/aromatic N) is 2. The normalized spacial score (nSPS) is 13.2. The lowest BCUT2D eigenvalue weighted by Crippen LogP contribution is -1.97. The van der Waals surface area contributed by atoms with E-state index in [4.69, 9.17) is 4.74 Å². The van der Waals surface area contributed by atoms with Crippen LogP contribution in [0, 0.1) is 0 Å². The molecule has 0 atom stereocenters. The van der Waals surface area contributed by atoms with Crippen molar-refractivity contribution in [1.29, 1.82) is 0 Å². The Hall–Kier alpha value is -2.10. The van der Waals surface area contributed by atoms with Crippen LogP contribution >= 0.6 is 0 Å². The number of fused-ring (bicyclic) bond motifs is 1. The molecule has 0 unspecified atom stereocenters. The molecule has 1 N–H and O–H groups in total. The second-order valence-corrected chi connectivity index (χ2v) is 4.35. The molecule has 1 heterocycles. The van der Waals surface area contributed by atoms with Crippen molar-refractivity contribution in [3.05, 3.63) is 41.6 Å². The Morgan fingerprint density at radius 1 is 1.17 bits per heavy atom. The van der Waals surface area contributed by atoms with Gasteiger partial charge < -0.3 is 10.1 Å². The predicted molar refractivity (Wildman–Crippen MR) is 70.1 cm³/mol. The molecular weight excluding hydrogens is 226 g/mol. The van der Waals surface area contributed by atoms with Gasteiger partial charge in [0.25, 0.3) is 0 Å². The first-order chi connectivity index (χ1) is 8.85. The highest BCUT2D eigenvalue weighted by molar-refractivity contribution is 5.40. The molecule has 92 valence electrons. The van der Waals surface area contributed by atoms with Gasteiger partial charge in [0.05, 0.1) is 0 Å². The van der Waals surface area contributed by atoms with Crippen molar-refractivity contribution in [2.75, 3.05) is 12.4 Å². The van der Waals surface area contributed by atoms with Gasteiger partial charge in [-0.3, -0.25) is 0 Å². The van der Waals surface area contributed by atoms with Crippen molar-refractivity contribution < 1.29 is 4.74 Å². The SMILES string of the molecule is CNc1nccc(Oc2ccc3c(c2)CCC3)n1. The molecule has 0 amide bonds. The van der Waals surface area contributed by atoms with Crippen LogP contribution in [0.5, 0.6) is 11.6 Å². The molecule has 4 heteroatoms. The van der Waals surface area contributed by atoms with Gasteiger partial charge in [-0.1, -0.05) is 6.07 Å². The molecule has 4 nitrogen and oxygen atoms in total. The van der Waals surface area contributed by atoms with E-state index in [1.54, 1.807) is 19.3 Å². The second kappa shape index (κ2) is 4.64. The number of rotatable bonds is 3. The Morgan fingerprint density at radius 3 is 2.94 bits per heavy atom. The largest absolute Gasteiger partial charge is 0.439 e. The summed E-state index contributed by atoms with van der Waals surface area (Å²) in [5, 5.41) is 2.89. The standard InChI is InChI=1S/C14H15N3O/c1-15-14-16-8-7-13(17-14)18-12-6-5-10-3-2-4-11(10)9-12/h5-9H,2-4H2,1H3,(H,15,16,17). The van der Waals surface area contributed by atoms with Crippen molar-refractivity contribution in [2.45, 2.75) is 19.3 Å². The maximum atomic E-state index is 5.75. The van der Waals surface area contributed by atoms with Crippen LogP contribution in [-0.4, -0.2) is 17.0 Å². The zero-order valence-corrected chi connectivity index (χ0v) is 10.3. The molecule has 1 aromatic carbocycles. The predicted octanol–water partition coefficient (Wildman–Crippen LogP) is 2.80. The first-order valence-electron chi connectivity index (χ1n) is 6.15. The number of anilines is 1. The van der Waals surface area contributed by atoms with Gasteiger partial charge in [-0.25, -0.2) is 4.98 Å². The molecule has 2 aromatic rings. The van der Waals surface area contributed by atoms with Crippen molar-refractivity contribution in [1.82, 2.24) is 9.97 Å². The highest BCUT2D eigenvalue weighted by Gasteiger charge is 2.11. The third kappa shape index (κ3) is 2.14. The van der Waals surface area contributed by atoms with Gasteiger partial charge in [0.2, 0.25) is 11.8 Å². The van der Waals surface area contributed by atoms with Gasteiger partial charge in [0, 0.05) is 19.3 Å². The van der Waals surface area contributed by atoms with Crippen LogP contribution in [0.3, 0.4) is 0 Å². The molecule has 0 radical (unpaired) electrons. The monoisotopic (exact) mass is 241 g/mol. The van der Waals surface area contributed by atoms with E-state index in [2.05, 4.69) is 27.4 Å².